The summed E-state index contributed by atoms with van der Waals surface area (Å²) in [4.78, 5) is 21.8. The average Bonchev–Trinajstić information content (AvgIpc) is 2.89. The zero-order valence-electron chi connectivity index (χ0n) is 27.6. The van der Waals surface area contributed by atoms with Gasteiger partial charge in [0.2, 0.25) is 11.8 Å². The molecule has 2 atom stereocenters. The smallest absolute Gasteiger partial charge is 0.407 e. The van der Waals surface area contributed by atoms with Crippen molar-refractivity contribution in [3.05, 3.63) is 65.2 Å². The van der Waals surface area contributed by atoms with Gasteiger partial charge in [-0.2, -0.15) is 4.98 Å². The number of carbonyl (C=O) groups is 1. The van der Waals surface area contributed by atoms with E-state index in [2.05, 4.69) is 40.8 Å². The molecule has 1 aliphatic heterocycles. The SMILES string of the molecule is Cc1cccc(C)c1-c1cc2nc(n1)NS(=O)(=O)c1cccc(c1)C(C1CC(C)(NC(=O)OC(C)C)C1)[C@H](CC(C)(C)C)CO2. The van der Waals surface area contributed by atoms with Crippen molar-refractivity contribution in [2.75, 3.05) is 11.3 Å². The summed E-state index contributed by atoms with van der Waals surface area (Å²) < 4.78 is 42.0. The van der Waals surface area contributed by atoms with E-state index in [-0.39, 0.29) is 40.1 Å². The molecule has 0 saturated heterocycles. The Hall–Kier alpha value is -3.66. The number of anilines is 1. The molecule has 0 spiro atoms. The molecule has 1 saturated carbocycles. The van der Waals surface area contributed by atoms with Crippen molar-refractivity contribution < 1.29 is 22.7 Å². The third kappa shape index (κ3) is 7.60. The molecule has 9 nitrogen and oxygen atoms in total. The monoisotopic (exact) mass is 634 g/mol. The molecule has 10 heteroatoms. The van der Waals surface area contributed by atoms with Crippen molar-refractivity contribution in [3.8, 4) is 17.1 Å². The number of hydrogen-bond acceptors (Lipinski definition) is 7. The Labute approximate surface area is 267 Å². The molecule has 2 heterocycles. The van der Waals surface area contributed by atoms with Crippen LogP contribution in [-0.4, -0.2) is 42.7 Å². The second-order valence-corrected chi connectivity index (χ2v) is 16.2. The van der Waals surface area contributed by atoms with Crippen molar-refractivity contribution >= 4 is 22.1 Å². The van der Waals surface area contributed by atoms with Crippen LogP contribution < -0.4 is 14.8 Å². The molecule has 1 fully saturated rings. The van der Waals surface area contributed by atoms with E-state index < -0.39 is 21.7 Å². The highest BCUT2D eigenvalue weighted by molar-refractivity contribution is 7.92. The molecule has 1 aromatic heterocycles. The van der Waals surface area contributed by atoms with Crippen LogP contribution in [0.3, 0.4) is 0 Å². The van der Waals surface area contributed by atoms with Crippen LogP contribution in [0.15, 0.2) is 53.4 Å². The molecule has 2 aliphatic rings. The van der Waals surface area contributed by atoms with Crippen molar-refractivity contribution in [3.63, 3.8) is 0 Å². The second kappa shape index (κ2) is 12.3. The Kier molecular flexibility index (Phi) is 8.92. The highest BCUT2D eigenvalue weighted by atomic mass is 32.2. The molecular weight excluding hydrogens is 588 g/mol. The van der Waals surface area contributed by atoms with E-state index in [0.29, 0.717) is 18.2 Å². The number of carbonyl (C=O) groups excluding carboxylic acids is 1. The van der Waals surface area contributed by atoms with E-state index in [1.54, 1.807) is 24.3 Å². The van der Waals surface area contributed by atoms with Gasteiger partial charge in [0, 0.05) is 23.1 Å². The Bertz CT molecular complexity index is 1660. The summed E-state index contributed by atoms with van der Waals surface area (Å²) in [5.74, 6) is 0.488. The predicted octanol–water partition coefficient (Wildman–Crippen LogP) is 7.39. The number of amides is 1. The number of nitrogens with one attached hydrogen (secondary N) is 2. The molecular formula is C35H46N4O5S. The first-order valence-corrected chi connectivity index (χ1v) is 17.2. The molecule has 242 valence electrons. The van der Waals surface area contributed by atoms with Gasteiger partial charge in [0.05, 0.1) is 23.3 Å². The number of hydrogen-bond donors (Lipinski definition) is 2. The number of fused-ring (bicyclic) bond motifs is 4. The van der Waals surface area contributed by atoms with Gasteiger partial charge in [0.15, 0.2) is 0 Å². The van der Waals surface area contributed by atoms with Gasteiger partial charge in [0.1, 0.15) is 0 Å². The van der Waals surface area contributed by atoms with Gasteiger partial charge in [-0.05, 0) is 100.0 Å². The number of benzene rings is 2. The third-order valence-corrected chi connectivity index (χ3v) is 10.1. The lowest BCUT2D eigenvalue weighted by Crippen LogP contribution is -2.57. The maximum atomic E-state index is 13.8. The van der Waals surface area contributed by atoms with Gasteiger partial charge in [-0.1, -0.05) is 51.1 Å². The van der Waals surface area contributed by atoms with Crippen molar-refractivity contribution in [2.45, 2.75) is 97.1 Å². The molecule has 0 radical (unpaired) electrons. The maximum Gasteiger partial charge on any atom is 0.407 e. The minimum Gasteiger partial charge on any atom is -0.477 e. The number of rotatable bonds is 5. The summed E-state index contributed by atoms with van der Waals surface area (Å²) >= 11 is 0. The largest absolute Gasteiger partial charge is 0.477 e. The normalized spacial score (nSPS) is 24.2. The molecule has 2 N–H and O–H groups in total. The summed E-state index contributed by atoms with van der Waals surface area (Å²) in [5, 5.41) is 3.06. The lowest BCUT2D eigenvalue weighted by Gasteiger charge is -2.51. The van der Waals surface area contributed by atoms with Crippen LogP contribution in [0.4, 0.5) is 10.7 Å². The minimum atomic E-state index is -4.01. The second-order valence-electron chi connectivity index (χ2n) is 14.5. The average molecular weight is 635 g/mol. The Morgan fingerprint density at radius 3 is 2.40 bits per heavy atom. The van der Waals surface area contributed by atoms with Gasteiger partial charge in [0.25, 0.3) is 10.0 Å². The van der Waals surface area contributed by atoms with E-state index in [4.69, 9.17) is 9.47 Å². The molecule has 4 bridgehead atoms. The minimum absolute atomic E-state index is 0.0193. The first-order chi connectivity index (χ1) is 21.0. The van der Waals surface area contributed by atoms with Gasteiger partial charge in [-0.15, -0.1) is 0 Å². The molecule has 1 aliphatic carbocycles. The molecule has 2 aromatic carbocycles. The fourth-order valence-electron chi connectivity index (χ4n) is 7.10. The number of alkyl carbamates (subject to hydrolysis) is 1. The summed E-state index contributed by atoms with van der Waals surface area (Å²) in [6.45, 7) is 16.7. The Morgan fingerprint density at radius 2 is 1.76 bits per heavy atom. The molecule has 5 rings (SSSR count). The topological polar surface area (TPSA) is 120 Å². The number of nitrogens with zero attached hydrogens (tertiary/aromatic N) is 2. The zero-order chi connectivity index (χ0) is 32.7. The lowest BCUT2D eigenvalue weighted by atomic mass is 9.58. The van der Waals surface area contributed by atoms with Crippen molar-refractivity contribution in [2.24, 2.45) is 17.3 Å². The van der Waals surface area contributed by atoms with Crippen LogP contribution in [0.1, 0.15) is 83.4 Å². The Balaban J connectivity index is 1.57. The standard InChI is InChI=1S/C35H46N4O5S/c1-21(2)44-33(40)38-35(8)18-25(19-35)31-24-13-10-14-27(15-24)45(41,42)39-32-36-28(30-22(3)11-9-12-23(30)4)16-29(37-32)43-20-26(31)17-34(5,6)7/h9-16,21,25-26,31H,17-20H2,1-8H3,(H,38,40)(H,36,37,39)/t25?,26-,31?,35?/m1/s1. The van der Waals surface area contributed by atoms with Crippen LogP contribution >= 0.6 is 0 Å². The van der Waals surface area contributed by atoms with Gasteiger partial charge >= 0.3 is 6.09 Å². The maximum absolute atomic E-state index is 13.8. The molecule has 1 unspecified atom stereocenters. The lowest BCUT2D eigenvalue weighted by molar-refractivity contribution is 0.0422. The molecule has 45 heavy (non-hydrogen) atoms. The summed E-state index contributed by atoms with van der Waals surface area (Å²) in [6.07, 6.45) is 1.67. The Morgan fingerprint density at radius 1 is 1.09 bits per heavy atom. The quantitative estimate of drug-likeness (QED) is 0.300. The zero-order valence-corrected chi connectivity index (χ0v) is 28.4. The molecule has 3 aromatic rings. The predicted molar refractivity (Wildman–Crippen MR) is 176 cm³/mol. The van der Waals surface area contributed by atoms with Crippen LogP contribution in [0.5, 0.6) is 5.88 Å². The first-order valence-electron chi connectivity index (χ1n) is 15.7. The fraction of sp³-hybridized carbons (Fsp3) is 0.514. The van der Waals surface area contributed by atoms with Gasteiger partial charge in [-0.3, -0.25) is 0 Å². The highest BCUT2D eigenvalue weighted by Crippen LogP contribution is 2.51. The summed E-state index contributed by atoms with van der Waals surface area (Å²) in [6, 6.07) is 15.0. The number of ether oxygens (including phenoxy) is 2. The third-order valence-electron chi connectivity index (χ3n) is 8.73. The number of aromatic nitrogens is 2. The van der Waals surface area contributed by atoms with Crippen LogP contribution in [0.25, 0.3) is 11.3 Å². The summed E-state index contributed by atoms with van der Waals surface area (Å²) in [5.41, 5.74) is 4.05. The van der Waals surface area contributed by atoms with Crippen LogP contribution in [0.2, 0.25) is 0 Å². The highest BCUT2D eigenvalue weighted by Gasteiger charge is 2.48. The number of aryl methyl sites for hydroxylation is 2. The van der Waals surface area contributed by atoms with E-state index >= 15 is 0 Å². The van der Waals surface area contributed by atoms with Gasteiger partial charge < -0.3 is 14.8 Å². The number of sulfonamides is 1. The first kappa shape index (κ1) is 32.7. The van der Waals surface area contributed by atoms with Gasteiger partial charge in [-0.25, -0.2) is 22.9 Å². The van der Waals surface area contributed by atoms with E-state index in [1.165, 1.54) is 0 Å². The van der Waals surface area contributed by atoms with E-state index in [0.717, 1.165) is 41.5 Å². The summed E-state index contributed by atoms with van der Waals surface area (Å²) in [7, 11) is -4.01. The van der Waals surface area contributed by atoms with E-state index in [9.17, 15) is 13.2 Å². The fourth-order valence-corrected chi connectivity index (χ4v) is 8.10. The van der Waals surface area contributed by atoms with Crippen molar-refractivity contribution in [1.82, 2.24) is 15.3 Å². The molecule has 1 amide bonds. The van der Waals surface area contributed by atoms with Crippen molar-refractivity contribution in [1.29, 1.82) is 0 Å². The van der Waals surface area contributed by atoms with Crippen LogP contribution in [-0.2, 0) is 14.8 Å². The van der Waals surface area contributed by atoms with Crippen LogP contribution in [0, 0.1) is 31.1 Å². The van der Waals surface area contributed by atoms with E-state index in [1.807, 2.05) is 58.9 Å².